The van der Waals surface area contributed by atoms with E-state index in [0.29, 0.717) is 0 Å². The Balaban J connectivity index is 2.81. The first kappa shape index (κ1) is 23.9. The summed E-state index contributed by atoms with van der Waals surface area (Å²) < 4.78 is 0. The minimum Gasteiger partial charge on any atom is -0.508 e. The van der Waals surface area contributed by atoms with Gasteiger partial charge in [-0.2, -0.15) is 0 Å². The van der Waals surface area contributed by atoms with E-state index in [9.17, 15) is 24.3 Å². The Hall–Kier alpha value is -3.14. The normalized spacial score (nSPS) is 13.9. The summed E-state index contributed by atoms with van der Waals surface area (Å²) in [5.74, 6) is -3.50. The molecule has 0 fully saturated rings. The highest BCUT2D eigenvalue weighted by molar-refractivity contribution is 5.93. The highest BCUT2D eigenvalue weighted by atomic mass is 16.4. The summed E-state index contributed by atoms with van der Waals surface area (Å²) >= 11 is 0. The Kier molecular flexibility index (Phi) is 9.07. The van der Waals surface area contributed by atoms with Crippen LogP contribution in [-0.2, 0) is 25.6 Å². The average molecular weight is 408 g/mol. The van der Waals surface area contributed by atoms with Crippen molar-refractivity contribution in [3.8, 4) is 5.75 Å². The molecule has 8 N–H and O–H groups in total. The number of carbonyl (C=O) groups excluding carboxylic acids is 3. The molecule has 1 aromatic carbocycles. The van der Waals surface area contributed by atoms with Gasteiger partial charge in [0, 0.05) is 0 Å². The summed E-state index contributed by atoms with van der Waals surface area (Å²) in [5, 5.41) is 23.2. The standard InChI is InChI=1S/C19H28N4O6/c1-10(2)7-14(18(27)23-15(19(28)29)9-16(21)25)22-17(26)13(20)8-11-3-5-12(24)6-4-11/h3-6,10,13-15,24H,7-9,20H2,1-2H3,(H2,21,25)(H,22,26)(H,23,27)(H,28,29)/t13-,14-,15-/m0/s1. The molecular formula is C19H28N4O6. The molecule has 3 amide bonds. The molecule has 0 saturated heterocycles. The number of carbonyl (C=O) groups is 4. The summed E-state index contributed by atoms with van der Waals surface area (Å²) in [5.41, 5.74) is 11.7. The molecule has 0 aromatic heterocycles. The number of phenolic OH excluding ortho intramolecular Hbond substituents is 1. The van der Waals surface area contributed by atoms with Crippen LogP contribution in [0.4, 0.5) is 0 Å². The lowest BCUT2D eigenvalue weighted by molar-refractivity contribution is -0.143. The Morgan fingerprint density at radius 3 is 2.03 bits per heavy atom. The van der Waals surface area contributed by atoms with Gasteiger partial charge in [0.25, 0.3) is 0 Å². The summed E-state index contributed by atoms with van der Waals surface area (Å²) in [6, 6.07) is 2.73. The van der Waals surface area contributed by atoms with E-state index in [4.69, 9.17) is 16.6 Å². The lowest BCUT2D eigenvalue weighted by Gasteiger charge is -2.24. The van der Waals surface area contributed by atoms with Gasteiger partial charge in [0.1, 0.15) is 17.8 Å². The van der Waals surface area contributed by atoms with Gasteiger partial charge in [0.15, 0.2) is 0 Å². The van der Waals surface area contributed by atoms with Gasteiger partial charge in [-0.1, -0.05) is 26.0 Å². The highest BCUT2D eigenvalue weighted by Crippen LogP contribution is 2.11. The van der Waals surface area contributed by atoms with Crippen LogP contribution >= 0.6 is 0 Å². The van der Waals surface area contributed by atoms with Crippen molar-refractivity contribution in [1.29, 1.82) is 0 Å². The predicted octanol–water partition coefficient (Wildman–Crippen LogP) is -0.762. The van der Waals surface area contributed by atoms with E-state index in [0.717, 1.165) is 5.56 Å². The molecular weight excluding hydrogens is 380 g/mol. The molecule has 1 rings (SSSR count). The van der Waals surface area contributed by atoms with Gasteiger partial charge in [-0.3, -0.25) is 14.4 Å². The maximum atomic E-state index is 12.5. The topological polar surface area (TPSA) is 185 Å². The monoisotopic (exact) mass is 408 g/mol. The fourth-order valence-electron chi connectivity index (χ4n) is 2.63. The number of primary amides is 1. The van der Waals surface area contributed by atoms with Crippen LogP contribution in [0.15, 0.2) is 24.3 Å². The van der Waals surface area contributed by atoms with Gasteiger partial charge < -0.3 is 32.3 Å². The second-order valence-electron chi connectivity index (χ2n) is 7.24. The Morgan fingerprint density at radius 1 is 1.00 bits per heavy atom. The fourth-order valence-corrected chi connectivity index (χ4v) is 2.63. The number of hydrogen-bond donors (Lipinski definition) is 6. The number of carboxylic acid groups (broad SMARTS) is 1. The van der Waals surface area contributed by atoms with E-state index in [-0.39, 0.29) is 24.5 Å². The van der Waals surface area contributed by atoms with Gasteiger partial charge in [0.05, 0.1) is 12.5 Å². The van der Waals surface area contributed by atoms with E-state index in [1.54, 1.807) is 12.1 Å². The van der Waals surface area contributed by atoms with Gasteiger partial charge in [-0.15, -0.1) is 0 Å². The molecule has 0 unspecified atom stereocenters. The lowest BCUT2D eigenvalue weighted by Crippen LogP contribution is -2.55. The second-order valence-corrected chi connectivity index (χ2v) is 7.24. The molecule has 0 aliphatic rings. The molecule has 10 heteroatoms. The molecule has 0 bridgehead atoms. The van der Waals surface area contributed by atoms with Gasteiger partial charge in [0.2, 0.25) is 17.7 Å². The van der Waals surface area contributed by atoms with E-state index in [1.165, 1.54) is 12.1 Å². The Labute approximate surface area is 168 Å². The maximum absolute atomic E-state index is 12.5. The van der Waals surface area contributed by atoms with Gasteiger partial charge in [-0.25, -0.2) is 4.79 Å². The molecule has 0 spiro atoms. The first-order valence-electron chi connectivity index (χ1n) is 9.15. The number of aliphatic carboxylic acids is 1. The van der Waals surface area contributed by atoms with E-state index in [2.05, 4.69) is 10.6 Å². The highest BCUT2D eigenvalue weighted by Gasteiger charge is 2.29. The number of phenols is 1. The largest absolute Gasteiger partial charge is 0.508 e. The van der Waals surface area contributed by atoms with Crippen molar-refractivity contribution in [1.82, 2.24) is 10.6 Å². The molecule has 160 valence electrons. The number of nitrogens with two attached hydrogens (primary N) is 2. The second kappa shape index (κ2) is 11.0. The van der Waals surface area contributed by atoms with Crippen LogP contribution in [0.25, 0.3) is 0 Å². The summed E-state index contributed by atoms with van der Waals surface area (Å²) in [6.45, 7) is 3.67. The van der Waals surface area contributed by atoms with Gasteiger partial charge in [-0.05, 0) is 36.5 Å². The number of benzene rings is 1. The fraction of sp³-hybridized carbons (Fsp3) is 0.474. The smallest absolute Gasteiger partial charge is 0.326 e. The van der Waals surface area contributed by atoms with Crippen molar-refractivity contribution in [2.75, 3.05) is 0 Å². The zero-order valence-electron chi connectivity index (χ0n) is 16.4. The zero-order valence-corrected chi connectivity index (χ0v) is 16.4. The quantitative estimate of drug-likeness (QED) is 0.278. The van der Waals surface area contributed by atoms with Crippen molar-refractivity contribution in [3.63, 3.8) is 0 Å². The first-order valence-corrected chi connectivity index (χ1v) is 9.15. The molecule has 0 saturated carbocycles. The van der Waals surface area contributed by atoms with Crippen LogP contribution in [0.2, 0.25) is 0 Å². The molecule has 10 nitrogen and oxygen atoms in total. The van der Waals surface area contributed by atoms with Gasteiger partial charge >= 0.3 is 5.97 Å². The predicted molar refractivity (Wildman–Crippen MR) is 105 cm³/mol. The van der Waals surface area contributed by atoms with Crippen LogP contribution in [0, 0.1) is 5.92 Å². The minimum absolute atomic E-state index is 0.0128. The van der Waals surface area contributed by atoms with E-state index >= 15 is 0 Å². The number of carboxylic acids is 1. The average Bonchev–Trinajstić information content (AvgIpc) is 2.61. The third kappa shape index (κ3) is 8.60. The summed E-state index contributed by atoms with van der Waals surface area (Å²) in [7, 11) is 0. The van der Waals surface area contributed by atoms with Crippen molar-refractivity contribution in [2.45, 2.75) is 51.2 Å². The number of aromatic hydroxyl groups is 1. The van der Waals surface area contributed by atoms with Crippen molar-refractivity contribution in [3.05, 3.63) is 29.8 Å². The van der Waals surface area contributed by atoms with Crippen molar-refractivity contribution >= 4 is 23.7 Å². The van der Waals surface area contributed by atoms with Crippen molar-refractivity contribution in [2.24, 2.45) is 17.4 Å². The summed E-state index contributed by atoms with van der Waals surface area (Å²) in [4.78, 5) is 47.2. The Bertz CT molecular complexity index is 735. The molecule has 3 atom stereocenters. The van der Waals surface area contributed by atoms with Crippen LogP contribution in [-0.4, -0.2) is 52.0 Å². The van der Waals surface area contributed by atoms with Crippen molar-refractivity contribution < 1.29 is 29.4 Å². The molecule has 0 aliphatic carbocycles. The third-order valence-electron chi connectivity index (χ3n) is 4.09. The number of nitrogens with one attached hydrogen (secondary N) is 2. The summed E-state index contributed by atoms with van der Waals surface area (Å²) in [6.07, 6.45) is -0.141. The number of rotatable bonds is 11. The minimum atomic E-state index is -1.49. The first-order chi connectivity index (χ1) is 13.5. The molecule has 0 radical (unpaired) electrons. The van der Waals surface area contributed by atoms with Crippen LogP contribution in [0.5, 0.6) is 5.75 Å². The van der Waals surface area contributed by atoms with E-state index in [1.807, 2.05) is 13.8 Å². The van der Waals surface area contributed by atoms with Crippen LogP contribution in [0.3, 0.4) is 0 Å². The molecule has 1 aromatic rings. The molecule has 0 aliphatic heterocycles. The number of amides is 3. The lowest BCUT2D eigenvalue weighted by atomic mass is 10.0. The van der Waals surface area contributed by atoms with Crippen LogP contribution in [0.1, 0.15) is 32.3 Å². The SMILES string of the molecule is CC(C)C[C@H](NC(=O)[C@@H](N)Cc1ccc(O)cc1)C(=O)N[C@@H](CC(N)=O)C(=O)O. The number of hydrogen-bond acceptors (Lipinski definition) is 6. The Morgan fingerprint density at radius 2 is 1.55 bits per heavy atom. The third-order valence-corrected chi connectivity index (χ3v) is 4.09. The maximum Gasteiger partial charge on any atom is 0.326 e. The zero-order chi connectivity index (χ0) is 22.1. The van der Waals surface area contributed by atoms with Crippen LogP contribution < -0.4 is 22.1 Å². The molecule has 0 heterocycles. The molecule has 29 heavy (non-hydrogen) atoms. The van der Waals surface area contributed by atoms with E-state index < -0.39 is 48.2 Å².